The molecule has 2 aromatic rings. The van der Waals surface area contributed by atoms with Crippen LogP contribution in [0.4, 0.5) is 5.69 Å². The number of nitrogens with zero attached hydrogens (tertiary/aromatic N) is 2. The van der Waals surface area contributed by atoms with Crippen LogP contribution in [0.1, 0.15) is 12.0 Å². The van der Waals surface area contributed by atoms with Crippen LogP contribution in [0.15, 0.2) is 59.7 Å². The first kappa shape index (κ1) is 12.1. The monoisotopic (exact) mass is 278 g/mol. The molecule has 0 bridgehead atoms. The van der Waals surface area contributed by atoms with E-state index < -0.39 is 0 Å². The van der Waals surface area contributed by atoms with E-state index in [9.17, 15) is 4.79 Å². The van der Waals surface area contributed by atoms with E-state index in [0.29, 0.717) is 13.0 Å². The molecule has 1 unspecified atom stereocenters. The summed E-state index contributed by atoms with van der Waals surface area (Å²) in [4.78, 5) is 12.3. The summed E-state index contributed by atoms with van der Waals surface area (Å²) in [6.07, 6.45) is 0.433. The van der Waals surface area contributed by atoms with Gasteiger partial charge in [-0.15, -0.1) is 0 Å². The smallest absolute Gasteiger partial charge is 0.248 e. The molecule has 1 atom stereocenters. The molecule has 2 aromatic carbocycles. The third-order valence-corrected chi connectivity index (χ3v) is 3.86. The lowest BCUT2D eigenvalue weighted by Crippen LogP contribution is -2.41. The molecule has 0 spiro atoms. The Labute approximate surface area is 122 Å². The molecule has 0 aromatic heterocycles. The van der Waals surface area contributed by atoms with Crippen molar-refractivity contribution in [2.75, 3.05) is 11.6 Å². The van der Waals surface area contributed by atoms with E-state index in [2.05, 4.69) is 5.10 Å². The van der Waals surface area contributed by atoms with Gasteiger partial charge in [0.15, 0.2) is 0 Å². The maximum Gasteiger partial charge on any atom is 0.248 e. The summed E-state index contributed by atoms with van der Waals surface area (Å²) in [5.74, 6) is 0.903. The SMILES string of the molecule is O=C1CC2COc3ccccc3C2=NN1c1ccccc1. The number of hydrogen-bond acceptors (Lipinski definition) is 3. The van der Waals surface area contributed by atoms with Gasteiger partial charge in [-0.3, -0.25) is 4.79 Å². The number of carbonyl (C=O) groups excluding carboxylic acids is 1. The summed E-state index contributed by atoms with van der Waals surface area (Å²) in [6.45, 7) is 0.518. The molecule has 0 N–H and O–H groups in total. The number of hydrazone groups is 1. The average Bonchev–Trinajstić information content (AvgIpc) is 2.55. The second-order valence-corrected chi connectivity index (χ2v) is 5.23. The predicted molar refractivity (Wildman–Crippen MR) is 80.5 cm³/mol. The van der Waals surface area contributed by atoms with Gasteiger partial charge in [0.2, 0.25) is 5.91 Å². The highest BCUT2D eigenvalue weighted by atomic mass is 16.5. The molecule has 4 heteroatoms. The van der Waals surface area contributed by atoms with Gasteiger partial charge in [-0.1, -0.05) is 30.3 Å². The maximum atomic E-state index is 12.3. The van der Waals surface area contributed by atoms with Crippen molar-refractivity contribution in [3.63, 3.8) is 0 Å². The number of benzene rings is 2. The van der Waals surface area contributed by atoms with Gasteiger partial charge in [0.05, 0.1) is 18.0 Å². The van der Waals surface area contributed by atoms with Crippen molar-refractivity contribution in [3.05, 3.63) is 60.2 Å². The molecule has 0 aliphatic carbocycles. The van der Waals surface area contributed by atoms with E-state index in [1.54, 1.807) is 0 Å². The molecule has 0 saturated carbocycles. The highest BCUT2D eigenvalue weighted by molar-refractivity contribution is 6.12. The molecule has 4 nitrogen and oxygen atoms in total. The molecule has 2 heterocycles. The van der Waals surface area contributed by atoms with Crippen LogP contribution in [-0.2, 0) is 4.79 Å². The largest absolute Gasteiger partial charge is 0.492 e. The molecule has 2 aliphatic heterocycles. The van der Waals surface area contributed by atoms with Crippen LogP contribution in [-0.4, -0.2) is 18.2 Å². The number of hydrogen-bond donors (Lipinski definition) is 0. The van der Waals surface area contributed by atoms with Crippen molar-refractivity contribution < 1.29 is 9.53 Å². The number of amides is 1. The van der Waals surface area contributed by atoms with E-state index in [-0.39, 0.29) is 11.8 Å². The van der Waals surface area contributed by atoms with Gasteiger partial charge in [-0.25, -0.2) is 5.01 Å². The average molecular weight is 278 g/mol. The van der Waals surface area contributed by atoms with Crippen LogP contribution in [0.5, 0.6) is 5.75 Å². The number of rotatable bonds is 1. The van der Waals surface area contributed by atoms with Gasteiger partial charge >= 0.3 is 0 Å². The Hall–Kier alpha value is -2.62. The zero-order chi connectivity index (χ0) is 14.2. The molecule has 2 aliphatic rings. The van der Waals surface area contributed by atoms with E-state index in [1.165, 1.54) is 5.01 Å². The minimum Gasteiger partial charge on any atom is -0.492 e. The quantitative estimate of drug-likeness (QED) is 0.805. The predicted octanol–water partition coefficient (Wildman–Crippen LogP) is 2.84. The van der Waals surface area contributed by atoms with Crippen molar-refractivity contribution in [3.8, 4) is 5.75 Å². The van der Waals surface area contributed by atoms with Crippen molar-refractivity contribution in [2.24, 2.45) is 11.0 Å². The summed E-state index contributed by atoms with van der Waals surface area (Å²) < 4.78 is 5.73. The molecule has 0 fully saturated rings. The van der Waals surface area contributed by atoms with Crippen molar-refractivity contribution in [2.45, 2.75) is 6.42 Å². The molecule has 0 radical (unpaired) electrons. The zero-order valence-corrected chi connectivity index (χ0v) is 11.4. The van der Waals surface area contributed by atoms with Crippen molar-refractivity contribution >= 4 is 17.3 Å². The normalized spacial score (nSPS) is 20.2. The number of anilines is 1. The molecule has 4 rings (SSSR count). The van der Waals surface area contributed by atoms with Crippen LogP contribution in [0.2, 0.25) is 0 Å². The van der Waals surface area contributed by atoms with Crippen LogP contribution in [0.25, 0.3) is 0 Å². The van der Waals surface area contributed by atoms with E-state index in [0.717, 1.165) is 22.7 Å². The van der Waals surface area contributed by atoms with Crippen LogP contribution < -0.4 is 9.75 Å². The van der Waals surface area contributed by atoms with E-state index in [4.69, 9.17) is 4.74 Å². The van der Waals surface area contributed by atoms with Crippen molar-refractivity contribution in [1.82, 2.24) is 0 Å². The maximum absolute atomic E-state index is 12.3. The van der Waals surface area contributed by atoms with Gasteiger partial charge in [-0.2, -0.15) is 5.10 Å². The van der Waals surface area contributed by atoms with Crippen LogP contribution in [0, 0.1) is 5.92 Å². The highest BCUT2D eigenvalue weighted by Crippen LogP contribution is 2.33. The second kappa shape index (κ2) is 4.74. The standard InChI is InChI=1S/C17H14N2O2/c20-16-10-12-11-21-15-9-5-4-8-14(15)17(12)18-19(16)13-6-2-1-3-7-13/h1-9,12H,10-11H2. The molecular weight excluding hydrogens is 264 g/mol. The first-order chi connectivity index (χ1) is 10.3. The molecule has 0 saturated heterocycles. The van der Waals surface area contributed by atoms with Gasteiger partial charge in [0.25, 0.3) is 0 Å². The van der Waals surface area contributed by atoms with Gasteiger partial charge in [0, 0.05) is 17.9 Å². The minimum atomic E-state index is 0.0120. The Balaban J connectivity index is 1.82. The fourth-order valence-corrected chi connectivity index (χ4v) is 2.82. The zero-order valence-electron chi connectivity index (χ0n) is 11.4. The van der Waals surface area contributed by atoms with E-state index in [1.807, 2.05) is 54.6 Å². The summed E-state index contributed by atoms with van der Waals surface area (Å²) >= 11 is 0. The van der Waals surface area contributed by atoms with Crippen LogP contribution in [0.3, 0.4) is 0 Å². The lowest BCUT2D eigenvalue weighted by molar-refractivity contribution is -0.119. The van der Waals surface area contributed by atoms with Crippen molar-refractivity contribution in [1.29, 1.82) is 0 Å². The minimum absolute atomic E-state index is 0.0120. The fraction of sp³-hybridized carbons (Fsp3) is 0.176. The van der Waals surface area contributed by atoms with Gasteiger partial charge in [0.1, 0.15) is 5.75 Å². The molecule has 1 amide bonds. The summed E-state index contributed by atoms with van der Waals surface area (Å²) in [7, 11) is 0. The first-order valence-corrected chi connectivity index (χ1v) is 7.01. The third kappa shape index (κ3) is 2.00. The van der Waals surface area contributed by atoms with Gasteiger partial charge in [-0.05, 0) is 24.3 Å². The Morgan fingerprint density at radius 2 is 1.81 bits per heavy atom. The lowest BCUT2D eigenvalue weighted by atomic mass is 9.90. The summed E-state index contributed by atoms with van der Waals surface area (Å²) in [5, 5.41) is 6.12. The molecular formula is C17H14N2O2. The molecule has 21 heavy (non-hydrogen) atoms. The summed E-state index contributed by atoms with van der Waals surface area (Å²) in [6, 6.07) is 17.4. The highest BCUT2D eigenvalue weighted by Gasteiger charge is 2.35. The van der Waals surface area contributed by atoms with Crippen LogP contribution >= 0.6 is 0 Å². The number of fused-ring (bicyclic) bond motifs is 3. The fourth-order valence-electron chi connectivity index (χ4n) is 2.82. The number of ether oxygens (including phenoxy) is 1. The number of para-hydroxylation sites is 2. The Morgan fingerprint density at radius 3 is 2.67 bits per heavy atom. The first-order valence-electron chi connectivity index (χ1n) is 7.01. The second-order valence-electron chi connectivity index (χ2n) is 5.23. The third-order valence-electron chi connectivity index (χ3n) is 3.86. The van der Waals surface area contributed by atoms with E-state index >= 15 is 0 Å². The molecule has 104 valence electrons. The number of carbonyl (C=O) groups is 1. The topological polar surface area (TPSA) is 41.9 Å². The Morgan fingerprint density at radius 1 is 1.05 bits per heavy atom. The summed E-state index contributed by atoms with van der Waals surface area (Å²) in [5.41, 5.74) is 2.74. The van der Waals surface area contributed by atoms with Gasteiger partial charge < -0.3 is 4.74 Å². The lowest BCUT2D eigenvalue weighted by Gasteiger charge is -2.33. The Kier molecular flexibility index (Phi) is 2.74. The Bertz CT molecular complexity index is 725.